The molecule has 0 aromatic heterocycles. The lowest BCUT2D eigenvalue weighted by atomic mass is 10.1. The molecule has 1 amide bonds. The van der Waals surface area contributed by atoms with Crippen molar-refractivity contribution in [2.75, 3.05) is 13.1 Å². The highest BCUT2D eigenvalue weighted by Crippen LogP contribution is 2.17. The maximum atomic E-state index is 13.5. The molecule has 19 heavy (non-hydrogen) atoms. The van der Waals surface area contributed by atoms with Crippen LogP contribution in [0.4, 0.5) is 4.39 Å². The summed E-state index contributed by atoms with van der Waals surface area (Å²) < 4.78 is 13.5. The van der Waals surface area contributed by atoms with Crippen LogP contribution in [-0.4, -0.2) is 34.5 Å². The molecule has 1 fully saturated rings. The molecule has 1 aromatic rings. The van der Waals surface area contributed by atoms with Crippen molar-refractivity contribution < 1.29 is 14.0 Å². The maximum absolute atomic E-state index is 13.5. The van der Waals surface area contributed by atoms with Crippen LogP contribution in [0.2, 0.25) is 0 Å². The van der Waals surface area contributed by atoms with Crippen molar-refractivity contribution in [1.82, 2.24) is 4.90 Å². The van der Waals surface area contributed by atoms with E-state index in [9.17, 15) is 14.0 Å². The summed E-state index contributed by atoms with van der Waals surface area (Å²) >= 11 is 3.32. The van der Waals surface area contributed by atoms with Crippen molar-refractivity contribution in [1.29, 1.82) is 0 Å². The number of alkyl halides is 1. The van der Waals surface area contributed by atoms with Crippen LogP contribution < -0.4 is 0 Å². The molecule has 1 heterocycles. The second kappa shape index (κ2) is 6.28. The number of ketones is 1. The lowest BCUT2D eigenvalue weighted by molar-refractivity contribution is -0.133. The highest BCUT2D eigenvalue weighted by atomic mass is 79.9. The molecular formula is C14H15BrFNO2. The molecule has 0 saturated carbocycles. The molecule has 5 heteroatoms. The van der Waals surface area contributed by atoms with Gasteiger partial charge in [0, 0.05) is 25.9 Å². The first-order valence-electron chi connectivity index (χ1n) is 6.26. The molecule has 1 saturated heterocycles. The number of hydrogen-bond acceptors (Lipinski definition) is 2. The van der Waals surface area contributed by atoms with E-state index in [1.807, 2.05) is 0 Å². The van der Waals surface area contributed by atoms with Gasteiger partial charge in [0.1, 0.15) is 11.6 Å². The number of amides is 1. The Bertz CT molecular complexity index is 482. The summed E-state index contributed by atoms with van der Waals surface area (Å²) in [5.41, 5.74) is 0.519. The van der Waals surface area contributed by atoms with E-state index in [1.54, 1.807) is 23.1 Å². The Morgan fingerprint density at radius 2 is 1.95 bits per heavy atom. The Kier molecular flexibility index (Phi) is 4.69. The van der Waals surface area contributed by atoms with Gasteiger partial charge in [0.25, 0.3) is 0 Å². The lowest BCUT2D eigenvalue weighted by Gasteiger charge is -2.28. The zero-order chi connectivity index (χ0) is 13.8. The van der Waals surface area contributed by atoms with Crippen LogP contribution >= 0.6 is 15.9 Å². The van der Waals surface area contributed by atoms with Crippen molar-refractivity contribution >= 4 is 27.6 Å². The second-order valence-electron chi connectivity index (χ2n) is 4.63. The first-order chi connectivity index (χ1) is 9.08. The fraction of sp³-hybridized carbons (Fsp3) is 0.429. The van der Waals surface area contributed by atoms with Crippen LogP contribution in [0.15, 0.2) is 24.3 Å². The molecule has 0 N–H and O–H groups in total. The number of carbonyl (C=O) groups is 2. The average molecular weight is 328 g/mol. The zero-order valence-electron chi connectivity index (χ0n) is 10.4. The minimum atomic E-state index is -0.447. The molecule has 0 bridgehead atoms. The van der Waals surface area contributed by atoms with Gasteiger partial charge in [-0.25, -0.2) is 4.39 Å². The number of Topliss-reactive ketones (excluding diaryl/α,β-unsaturated/α-hetero) is 1. The number of benzene rings is 1. The third kappa shape index (κ3) is 3.62. The van der Waals surface area contributed by atoms with Crippen LogP contribution in [0.3, 0.4) is 0 Å². The smallest absolute Gasteiger partial charge is 0.236 e. The molecule has 1 aliphatic rings. The summed E-state index contributed by atoms with van der Waals surface area (Å²) in [6.45, 7) is 0.939. The van der Waals surface area contributed by atoms with Gasteiger partial charge >= 0.3 is 0 Å². The van der Waals surface area contributed by atoms with Gasteiger partial charge in [0.15, 0.2) is 0 Å². The van der Waals surface area contributed by atoms with Crippen molar-refractivity contribution in [3.63, 3.8) is 0 Å². The van der Waals surface area contributed by atoms with Gasteiger partial charge in [0.05, 0.1) is 4.83 Å². The van der Waals surface area contributed by atoms with Crippen molar-refractivity contribution in [3.8, 4) is 0 Å². The normalized spacial score (nSPS) is 17.4. The zero-order valence-corrected chi connectivity index (χ0v) is 12.0. The molecule has 1 aromatic carbocycles. The topological polar surface area (TPSA) is 37.4 Å². The molecule has 1 aliphatic heterocycles. The molecule has 102 valence electrons. The standard InChI is InChI=1S/C14H15BrFNO2/c15-12(9-10-3-1-2-4-13(10)16)14(19)17-7-5-11(18)6-8-17/h1-4,12H,5-9H2. The Hall–Kier alpha value is -1.23. The summed E-state index contributed by atoms with van der Waals surface area (Å²) in [6, 6.07) is 6.44. The SMILES string of the molecule is O=C1CCN(C(=O)C(Br)Cc2ccccc2F)CC1. The van der Waals surface area contributed by atoms with E-state index >= 15 is 0 Å². The molecule has 0 aliphatic carbocycles. The Labute approximate surface area is 119 Å². The van der Waals surface area contributed by atoms with E-state index in [4.69, 9.17) is 0 Å². The number of rotatable bonds is 3. The van der Waals surface area contributed by atoms with Crippen LogP contribution in [0.1, 0.15) is 18.4 Å². The summed E-state index contributed by atoms with van der Waals surface area (Å²) in [6.07, 6.45) is 1.16. The molecule has 2 rings (SSSR count). The van der Waals surface area contributed by atoms with Gasteiger partial charge in [-0.2, -0.15) is 0 Å². The Morgan fingerprint density at radius 3 is 2.58 bits per heavy atom. The van der Waals surface area contributed by atoms with E-state index in [0.29, 0.717) is 37.9 Å². The minimum absolute atomic E-state index is 0.0734. The molecule has 3 nitrogen and oxygen atoms in total. The predicted octanol–water partition coefficient (Wildman–Crippen LogP) is 2.32. The lowest BCUT2D eigenvalue weighted by Crippen LogP contribution is -2.42. The third-order valence-corrected chi connectivity index (χ3v) is 3.97. The first-order valence-corrected chi connectivity index (χ1v) is 7.17. The molecule has 1 unspecified atom stereocenters. The van der Waals surface area contributed by atoms with Gasteiger partial charge in [-0.3, -0.25) is 9.59 Å². The summed E-state index contributed by atoms with van der Waals surface area (Å²) in [7, 11) is 0. The largest absolute Gasteiger partial charge is 0.341 e. The number of likely N-dealkylation sites (tertiary alicyclic amines) is 1. The van der Waals surface area contributed by atoms with Gasteiger partial charge in [-0.1, -0.05) is 34.1 Å². The van der Waals surface area contributed by atoms with Crippen LogP contribution in [0.25, 0.3) is 0 Å². The van der Waals surface area contributed by atoms with Gasteiger partial charge in [-0.05, 0) is 18.1 Å². The first kappa shape index (κ1) is 14.2. The third-order valence-electron chi connectivity index (χ3n) is 3.26. The van der Waals surface area contributed by atoms with E-state index in [2.05, 4.69) is 15.9 Å². The number of nitrogens with zero attached hydrogens (tertiary/aromatic N) is 1. The number of hydrogen-bond donors (Lipinski definition) is 0. The predicted molar refractivity (Wildman–Crippen MR) is 73.6 cm³/mol. The summed E-state index contributed by atoms with van der Waals surface area (Å²) in [5, 5.41) is 0. The average Bonchev–Trinajstić information content (AvgIpc) is 2.41. The number of carbonyl (C=O) groups excluding carboxylic acids is 2. The van der Waals surface area contributed by atoms with Crippen molar-refractivity contribution in [2.45, 2.75) is 24.1 Å². The fourth-order valence-corrected chi connectivity index (χ4v) is 2.76. The molecule has 1 atom stereocenters. The van der Waals surface area contributed by atoms with Crippen LogP contribution in [0, 0.1) is 5.82 Å². The molecule has 0 spiro atoms. The minimum Gasteiger partial charge on any atom is -0.341 e. The fourth-order valence-electron chi connectivity index (χ4n) is 2.12. The van der Waals surface area contributed by atoms with E-state index < -0.39 is 4.83 Å². The summed E-state index contributed by atoms with van der Waals surface area (Å²) in [4.78, 5) is 24.5. The van der Waals surface area contributed by atoms with Crippen molar-refractivity contribution in [3.05, 3.63) is 35.6 Å². The second-order valence-corrected chi connectivity index (χ2v) is 5.73. The monoisotopic (exact) mass is 327 g/mol. The Balaban J connectivity index is 1.96. The Morgan fingerprint density at radius 1 is 1.32 bits per heavy atom. The van der Waals surface area contributed by atoms with Crippen molar-refractivity contribution in [2.24, 2.45) is 0 Å². The highest BCUT2D eigenvalue weighted by Gasteiger charge is 2.26. The van der Waals surface area contributed by atoms with Crippen LogP contribution in [-0.2, 0) is 16.0 Å². The van der Waals surface area contributed by atoms with E-state index in [1.165, 1.54) is 6.07 Å². The molecular weight excluding hydrogens is 313 g/mol. The quantitative estimate of drug-likeness (QED) is 0.799. The van der Waals surface area contributed by atoms with Gasteiger partial charge in [-0.15, -0.1) is 0 Å². The maximum Gasteiger partial charge on any atom is 0.236 e. The van der Waals surface area contributed by atoms with Crippen LogP contribution in [0.5, 0.6) is 0 Å². The summed E-state index contributed by atoms with van der Waals surface area (Å²) in [5.74, 6) is -0.173. The van der Waals surface area contributed by atoms with E-state index in [0.717, 1.165) is 0 Å². The van der Waals surface area contributed by atoms with Gasteiger partial charge in [0.2, 0.25) is 5.91 Å². The van der Waals surface area contributed by atoms with Gasteiger partial charge < -0.3 is 4.90 Å². The number of halogens is 2. The van der Waals surface area contributed by atoms with E-state index in [-0.39, 0.29) is 17.5 Å². The number of piperidine rings is 1. The molecule has 0 radical (unpaired) electrons. The highest BCUT2D eigenvalue weighted by molar-refractivity contribution is 9.10.